The lowest BCUT2D eigenvalue weighted by Crippen LogP contribution is -2.18. The van der Waals surface area contributed by atoms with Crippen LogP contribution in [0, 0.1) is 0 Å². The topological polar surface area (TPSA) is 54.4 Å². The fourth-order valence-electron chi connectivity index (χ4n) is 2.17. The predicted octanol–water partition coefficient (Wildman–Crippen LogP) is 4.17. The van der Waals surface area contributed by atoms with E-state index >= 15 is 0 Å². The van der Waals surface area contributed by atoms with E-state index in [-0.39, 0.29) is 10.7 Å². The summed E-state index contributed by atoms with van der Waals surface area (Å²) in [6.45, 7) is 0. The number of amides is 1. The summed E-state index contributed by atoms with van der Waals surface area (Å²) in [6, 6.07) is 21.2. The van der Waals surface area contributed by atoms with Crippen LogP contribution in [0.15, 0.2) is 78.0 Å². The van der Waals surface area contributed by atoms with Gasteiger partial charge in [0.25, 0.3) is 5.91 Å². The molecule has 2 aromatic carbocycles. The van der Waals surface area contributed by atoms with Gasteiger partial charge >= 0.3 is 0 Å². The number of hydrogen-bond acceptors (Lipinski definition) is 3. The average molecular weight is 336 g/mol. The van der Waals surface area contributed by atoms with Crippen molar-refractivity contribution in [2.24, 2.45) is 5.10 Å². The van der Waals surface area contributed by atoms with Gasteiger partial charge in [-0.2, -0.15) is 5.10 Å². The molecular weight excluding hydrogens is 322 g/mol. The van der Waals surface area contributed by atoms with Crippen molar-refractivity contribution in [1.29, 1.82) is 0 Å². The number of aromatic nitrogens is 1. The summed E-state index contributed by atoms with van der Waals surface area (Å²) in [7, 11) is 0. The van der Waals surface area contributed by atoms with Gasteiger partial charge in [-0.1, -0.05) is 66.2 Å². The molecule has 0 radical (unpaired) electrons. The van der Waals surface area contributed by atoms with Gasteiger partial charge in [-0.05, 0) is 28.8 Å². The fourth-order valence-corrected chi connectivity index (χ4v) is 2.38. The largest absolute Gasteiger partial charge is 0.274 e. The van der Waals surface area contributed by atoms with Gasteiger partial charge in [0.15, 0.2) is 0 Å². The molecule has 0 unspecified atom stereocenters. The van der Waals surface area contributed by atoms with Crippen molar-refractivity contribution in [3.63, 3.8) is 0 Å². The second-order valence-corrected chi connectivity index (χ2v) is 5.39. The van der Waals surface area contributed by atoms with E-state index in [1.54, 1.807) is 18.3 Å². The zero-order chi connectivity index (χ0) is 16.8. The Balaban J connectivity index is 1.65. The number of pyridine rings is 1. The highest BCUT2D eigenvalue weighted by Crippen LogP contribution is 2.18. The minimum Gasteiger partial charge on any atom is -0.267 e. The Morgan fingerprint density at radius 3 is 2.38 bits per heavy atom. The maximum absolute atomic E-state index is 11.9. The van der Waals surface area contributed by atoms with Gasteiger partial charge in [-0.15, -0.1) is 0 Å². The third-order valence-electron chi connectivity index (χ3n) is 3.40. The maximum atomic E-state index is 11.9. The van der Waals surface area contributed by atoms with Gasteiger partial charge in [-0.3, -0.25) is 4.79 Å². The number of hydrogen-bond donors (Lipinski definition) is 1. The second kappa shape index (κ2) is 7.53. The minimum atomic E-state index is -0.398. The lowest BCUT2D eigenvalue weighted by molar-refractivity contribution is 0.0955. The first-order valence-corrected chi connectivity index (χ1v) is 7.71. The molecule has 3 rings (SSSR count). The fraction of sp³-hybridized carbons (Fsp3) is 0. The molecule has 0 saturated carbocycles. The first-order chi connectivity index (χ1) is 11.7. The standard InChI is InChI=1S/C19H14ClN3O/c20-18-17(7-4-12-21-18)19(24)23-22-13-14-8-10-16(11-9-14)15-5-2-1-3-6-15/h1-13H,(H,23,24). The Hall–Kier alpha value is -2.98. The summed E-state index contributed by atoms with van der Waals surface area (Å²) in [6.07, 6.45) is 3.10. The van der Waals surface area contributed by atoms with Crippen molar-refractivity contribution < 1.29 is 4.79 Å². The third kappa shape index (κ3) is 3.86. The van der Waals surface area contributed by atoms with E-state index in [1.807, 2.05) is 42.5 Å². The van der Waals surface area contributed by atoms with E-state index in [4.69, 9.17) is 11.6 Å². The molecule has 5 heteroatoms. The number of benzene rings is 2. The van der Waals surface area contributed by atoms with Crippen LogP contribution in [0.2, 0.25) is 5.15 Å². The zero-order valence-corrected chi connectivity index (χ0v) is 13.4. The number of hydrazone groups is 1. The molecule has 0 aliphatic heterocycles. The Morgan fingerprint density at radius 2 is 1.67 bits per heavy atom. The minimum absolute atomic E-state index is 0.150. The summed E-state index contributed by atoms with van der Waals surface area (Å²) in [4.78, 5) is 15.8. The molecule has 0 aliphatic carbocycles. The monoisotopic (exact) mass is 335 g/mol. The summed E-state index contributed by atoms with van der Waals surface area (Å²) in [5.74, 6) is -0.398. The lowest BCUT2D eigenvalue weighted by Gasteiger charge is -2.02. The lowest BCUT2D eigenvalue weighted by atomic mass is 10.0. The number of carbonyl (C=O) groups excluding carboxylic acids is 1. The van der Waals surface area contributed by atoms with E-state index in [9.17, 15) is 4.79 Å². The molecule has 0 aliphatic rings. The van der Waals surface area contributed by atoms with Crippen molar-refractivity contribution in [2.75, 3.05) is 0 Å². The van der Waals surface area contributed by atoms with Crippen LogP contribution in [0.5, 0.6) is 0 Å². The van der Waals surface area contributed by atoms with Crippen molar-refractivity contribution in [2.45, 2.75) is 0 Å². The second-order valence-electron chi connectivity index (χ2n) is 5.03. The molecule has 0 bridgehead atoms. The van der Waals surface area contributed by atoms with E-state index in [0.29, 0.717) is 0 Å². The van der Waals surface area contributed by atoms with Gasteiger partial charge in [0.2, 0.25) is 0 Å². The van der Waals surface area contributed by atoms with E-state index < -0.39 is 5.91 Å². The Bertz CT molecular complexity index is 861. The third-order valence-corrected chi connectivity index (χ3v) is 3.70. The highest BCUT2D eigenvalue weighted by Gasteiger charge is 2.08. The molecule has 1 heterocycles. The van der Waals surface area contributed by atoms with Gasteiger partial charge in [0.05, 0.1) is 11.8 Å². The molecule has 118 valence electrons. The summed E-state index contributed by atoms with van der Waals surface area (Å²) in [5, 5.41) is 4.10. The number of carbonyl (C=O) groups is 1. The SMILES string of the molecule is O=C(NN=Cc1ccc(-c2ccccc2)cc1)c1cccnc1Cl. The zero-order valence-electron chi connectivity index (χ0n) is 12.7. The molecule has 0 saturated heterocycles. The quantitative estimate of drug-likeness (QED) is 0.442. The molecular formula is C19H14ClN3O. The Labute approximate surface area is 144 Å². The van der Waals surface area contributed by atoms with Crippen molar-refractivity contribution in [3.8, 4) is 11.1 Å². The Morgan fingerprint density at radius 1 is 0.958 bits per heavy atom. The van der Waals surface area contributed by atoms with Gasteiger partial charge in [0, 0.05) is 6.20 Å². The van der Waals surface area contributed by atoms with Gasteiger partial charge in [0.1, 0.15) is 5.15 Å². The molecule has 24 heavy (non-hydrogen) atoms. The molecule has 4 nitrogen and oxygen atoms in total. The van der Waals surface area contributed by atoms with Crippen LogP contribution < -0.4 is 5.43 Å². The summed E-state index contributed by atoms with van der Waals surface area (Å²) < 4.78 is 0. The molecule has 1 amide bonds. The van der Waals surface area contributed by atoms with Gasteiger partial charge < -0.3 is 0 Å². The highest BCUT2D eigenvalue weighted by atomic mass is 35.5. The highest BCUT2D eigenvalue weighted by molar-refractivity contribution is 6.32. The summed E-state index contributed by atoms with van der Waals surface area (Å²) >= 11 is 5.87. The van der Waals surface area contributed by atoms with E-state index in [2.05, 4.69) is 27.6 Å². The molecule has 0 atom stereocenters. The van der Waals surface area contributed by atoms with Crippen LogP contribution in [0.3, 0.4) is 0 Å². The van der Waals surface area contributed by atoms with Gasteiger partial charge in [-0.25, -0.2) is 10.4 Å². The average Bonchev–Trinajstić information content (AvgIpc) is 2.63. The van der Waals surface area contributed by atoms with Crippen LogP contribution in [0.25, 0.3) is 11.1 Å². The first-order valence-electron chi connectivity index (χ1n) is 7.33. The van der Waals surface area contributed by atoms with E-state index in [1.165, 1.54) is 6.20 Å². The molecule has 1 aromatic heterocycles. The molecule has 3 aromatic rings. The summed E-state index contributed by atoms with van der Waals surface area (Å²) in [5.41, 5.74) is 5.89. The van der Waals surface area contributed by atoms with Crippen molar-refractivity contribution in [1.82, 2.24) is 10.4 Å². The van der Waals surface area contributed by atoms with Crippen molar-refractivity contribution in [3.05, 3.63) is 89.2 Å². The van der Waals surface area contributed by atoms with Crippen LogP contribution >= 0.6 is 11.6 Å². The van der Waals surface area contributed by atoms with E-state index in [0.717, 1.165) is 16.7 Å². The maximum Gasteiger partial charge on any atom is 0.274 e. The van der Waals surface area contributed by atoms with Crippen LogP contribution in [-0.4, -0.2) is 17.1 Å². The van der Waals surface area contributed by atoms with Crippen LogP contribution in [0.1, 0.15) is 15.9 Å². The first kappa shape index (κ1) is 15.9. The number of rotatable bonds is 4. The predicted molar refractivity (Wildman–Crippen MR) is 96.2 cm³/mol. The number of halogens is 1. The normalized spacial score (nSPS) is 10.7. The number of nitrogens with zero attached hydrogens (tertiary/aromatic N) is 2. The molecule has 1 N–H and O–H groups in total. The van der Waals surface area contributed by atoms with Crippen LogP contribution in [0.4, 0.5) is 0 Å². The molecule has 0 fully saturated rings. The van der Waals surface area contributed by atoms with Crippen molar-refractivity contribution >= 4 is 23.7 Å². The van der Waals surface area contributed by atoms with Crippen LogP contribution in [-0.2, 0) is 0 Å². The number of nitrogens with one attached hydrogen (secondary N) is 1. The Kier molecular flexibility index (Phi) is 4.99. The smallest absolute Gasteiger partial charge is 0.267 e. The molecule has 0 spiro atoms.